The minimum atomic E-state index is -0.564. The molecule has 0 fully saturated rings. The van der Waals surface area contributed by atoms with Crippen LogP contribution in [0.25, 0.3) is 12.2 Å². The Kier molecular flexibility index (Phi) is 6.31. The fourth-order valence-electron chi connectivity index (χ4n) is 2.85. The highest BCUT2D eigenvalue weighted by atomic mass is 16.2. The lowest BCUT2D eigenvalue weighted by molar-refractivity contribution is -0.109. The molecule has 1 amide bonds. The molecule has 0 aliphatic heterocycles. The minimum Gasteiger partial charge on any atom is -0.342 e. The Morgan fingerprint density at radius 3 is 2.15 bits per heavy atom. The van der Waals surface area contributed by atoms with Crippen LogP contribution in [0.3, 0.4) is 0 Å². The largest absolute Gasteiger partial charge is 0.342 e. The third kappa shape index (κ3) is 5.25. The van der Waals surface area contributed by atoms with Gasteiger partial charge in [-0.2, -0.15) is 0 Å². The standard InChI is InChI=1S/C24H21NO2/c26-18-22(17-20-11-5-2-6-12-20)25-24(27)23-14-8-7-13-21(23)16-15-19-9-3-1-4-10-19/h1-16,18,22H,17H2,(H,25,27)/t22-/m0/s1. The molecule has 0 aliphatic carbocycles. The second-order valence-electron chi connectivity index (χ2n) is 6.24. The van der Waals surface area contributed by atoms with Crippen molar-refractivity contribution in [1.82, 2.24) is 5.32 Å². The summed E-state index contributed by atoms with van der Waals surface area (Å²) in [6, 6.07) is 26.4. The average Bonchev–Trinajstić information content (AvgIpc) is 2.73. The monoisotopic (exact) mass is 355 g/mol. The molecule has 3 aromatic carbocycles. The maximum Gasteiger partial charge on any atom is 0.252 e. The highest BCUT2D eigenvalue weighted by Gasteiger charge is 2.15. The van der Waals surface area contributed by atoms with Gasteiger partial charge in [0.1, 0.15) is 6.29 Å². The van der Waals surface area contributed by atoms with E-state index in [1.54, 1.807) is 6.07 Å². The Morgan fingerprint density at radius 2 is 1.44 bits per heavy atom. The fraction of sp³-hybridized carbons (Fsp3) is 0.0833. The van der Waals surface area contributed by atoms with Gasteiger partial charge in [-0.15, -0.1) is 0 Å². The first-order valence-electron chi connectivity index (χ1n) is 8.88. The van der Waals surface area contributed by atoms with Crippen LogP contribution >= 0.6 is 0 Å². The summed E-state index contributed by atoms with van der Waals surface area (Å²) >= 11 is 0. The van der Waals surface area contributed by atoms with E-state index >= 15 is 0 Å². The molecule has 0 unspecified atom stereocenters. The number of hydrogen-bond acceptors (Lipinski definition) is 2. The van der Waals surface area contributed by atoms with E-state index in [2.05, 4.69) is 5.32 Å². The number of carbonyl (C=O) groups excluding carboxylic acids is 2. The van der Waals surface area contributed by atoms with Gasteiger partial charge in [0.25, 0.3) is 5.91 Å². The first kappa shape index (κ1) is 18.3. The summed E-state index contributed by atoms with van der Waals surface area (Å²) in [6.45, 7) is 0. The van der Waals surface area contributed by atoms with E-state index in [1.807, 2.05) is 91.0 Å². The molecule has 0 saturated heterocycles. The molecule has 134 valence electrons. The summed E-state index contributed by atoms with van der Waals surface area (Å²) in [7, 11) is 0. The van der Waals surface area contributed by atoms with E-state index < -0.39 is 6.04 Å². The van der Waals surface area contributed by atoms with Gasteiger partial charge in [-0.1, -0.05) is 91.0 Å². The van der Waals surface area contributed by atoms with Crippen molar-refractivity contribution in [1.29, 1.82) is 0 Å². The van der Waals surface area contributed by atoms with E-state index in [9.17, 15) is 9.59 Å². The molecule has 0 radical (unpaired) electrons. The zero-order valence-electron chi connectivity index (χ0n) is 14.9. The molecule has 1 N–H and O–H groups in total. The summed E-state index contributed by atoms with van der Waals surface area (Å²) in [5.74, 6) is -0.253. The van der Waals surface area contributed by atoms with Crippen molar-refractivity contribution in [2.24, 2.45) is 0 Å². The predicted molar refractivity (Wildman–Crippen MR) is 109 cm³/mol. The van der Waals surface area contributed by atoms with Crippen LogP contribution in [-0.4, -0.2) is 18.2 Å². The summed E-state index contributed by atoms with van der Waals surface area (Å²) < 4.78 is 0. The third-order valence-corrected chi connectivity index (χ3v) is 4.24. The lowest BCUT2D eigenvalue weighted by Crippen LogP contribution is -2.37. The molecular weight excluding hydrogens is 334 g/mol. The van der Waals surface area contributed by atoms with E-state index in [0.29, 0.717) is 12.0 Å². The van der Waals surface area contributed by atoms with Crippen molar-refractivity contribution in [2.45, 2.75) is 12.5 Å². The number of nitrogens with one attached hydrogen (secondary N) is 1. The molecule has 3 rings (SSSR count). The van der Waals surface area contributed by atoms with Gasteiger partial charge in [-0.3, -0.25) is 4.79 Å². The van der Waals surface area contributed by atoms with E-state index in [-0.39, 0.29) is 5.91 Å². The van der Waals surface area contributed by atoms with E-state index in [4.69, 9.17) is 0 Å². The molecule has 0 aliphatic rings. The van der Waals surface area contributed by atoms with Gasteiger partial charge in [0, 0.05) is 5.56 Å². The zero-order valence-corrected chi connectivity index (χ0v) is 14.9. The molecule has 0 aromatic heterocycles. The van der Waals surface area contributed by atoms with Gasteiger partial charge >= 0.3 is 0 Å². The first-order valence-corrected chi connectivity index (χ1v) is 8.88. The second-order valence-corrected chi connectivity index (χ2v) is 6.24. The molecule has 0 bridgehead atoms. The molecule has 0 saturated carbocycles. The van der Waals surface area contributed by atoms with Gasteiger partial charge in [-0.25, -0.2) is 0 Å². The molecule has 3 nitrogen and oxygen atoms in total. The Balaban J connectivity index is 1.74. The number of carbonyl (C=O) groups is 2. The van der Waals surface area contributed by atoms with Gasteiger partial charge in [0.2, 0.25) is 0 Å². The van der Waals surface area contributed by atoms with Gasteiger partial charge in [-0.05, 0) is 29.2 Å². The first-order chi connectivity index (χ1) is 13.3. The van der Waals surface area contributed by atoms with Crippen LogP contribution in [0.4, 0.5) is 0 Å². The number of amides is 1. The van der Waals surface area contributed by atoms with Crippen LogP contribution in [0.1, 0.15) is 27.0 Å². The topological polar surface area (TPSA) is 46.2 Å². The smallest absolute Gasteiger partial charge is 0.252 e. The van der Waals surface area contributed by atoms with Crippen LogP contribution in [0.15, 0.2) is 84.9 Å². The van der Waals surface area contributed by atoms with Crippen LogP contribution < -0.4 is 5.32 Å². The SMILES string of the molecule is O=C[C@H](Cc1ccccc1)NC(=O)c1ccccc1C=Cc1ccccc1. The van der Waals surface area contributed by atoms with Crippen molar-refractivity contribution in [3.8, 4) is 0 Å². The quantitative estimate of drug-likeness (QED) is 0.504. The fourth-order valence-corrected chi connectivity index (χ4v) is 2.85. The molecular formula is C24H21NO2. The van der Waals surface area contributed by atoms with Crippen molar-refractivity contribution < 1.29 is 9.59 Å². The molecule has 1 atom stereocenters. The van der Waals surface area contributed by atoms with Crippen LogP contribution in [0, 0.1) is 0 Å². The molecule has 3 aromatic rings. The Hall–Kier alpha value is -3.46. The Labute approximate surface area is 159 Å². The second kappa shape index (κ2) is 9.30. The predicted octanol–water partition coefficient (Wildman–Crippen LogP) is 4.40. The number of hydrogen-bond donors (Lipinski definition) is 1. The van der Waals surface area contributed by atoms with Gasteiger partial charge < -0.3 is 10.1 Å². The number of benzene rings is 3. The Morgan fingerprint density at radius 1 is 0.815 bits per heavy atom. The van der Waals surface area contributed by atoms with Gasteiger partial charge in [0.05, 0.1) is 6.04 Å². The highest BCUT2D eigenvalue weighted by Crippen LogP contribution is 2.14. The van der Waals surface area contributed by atoms with Crippen LogP contribution in [0.2, 0.25) is 0 Å². The zero-order chi connectivity index (χ0) is 18.9. The number of rotatable bonds is 7. The van der Waals surface area contributed by atoms with Crippen LogP contribution in [0.5, 0.6) is 0 Å². The lowest BCUT2D eigenvalue weighted by atomic mass is 10.0. The maximum absolute atomic E-state index is 12.7. The molecule has 27 heavy (non-hydrogen) atoms. The van der Waals surface area contributed by atoms with E-state index in [1.165, 1.54) is 0 Å². The summed E-state index contributed by atoms with van der Waals surface area (Å²) in [5, 5.41) is 2.83. The molecule has 3 heteroatoms. The van der Waals surface area contributed by atoms with Crippen molar-refractivity contribution >= 4 is 24.3 Å². The van der Waals surface area contributed by atoms with Crippen molar-refractivity contribution in [3.05, 3.63) is 107 Å². The molecule has 0 spiro atoms. The number of aldehydes is 1. The normalized spacial score (nSPS) is 11.9. The summed E-state index contributed by atoms with van der Waals surface area (Å²) in [4.78, 5) is 24.2. The highest BCUT2D eigenvalue weighted by molar-refractivity contribution is 5.99. The molecule has 0 heterocycles. The van der Waals surface area contributed by atoms with Gasteiger partial charge in [0.15, 0.2) is 0 Å². The average molecular weight is 355 g/mol. The lowest BCUT2D eigenvalue weighted by Gasteiger charge is -2.14. The van der Waals surface area contributed by atoms with Crippen LogP contribution in [-0.2, 0) is 11.2 Å². The van der Waals surface area contributed by atoms with Crippen molar-refractivity contribution in [2.75, 3.05) is 0 Å². The van der Waals surface area contributed by atoms with E-state index in [0.717, 1.165) is 23.0 Å². The Bertz CT molecular complexity index is 917. The summed E-state index contributed by atoms with van der Waals surface area (Å²) in [5.41, 5.74) is 3.42. The summed E-state index contributed by atoms with van der Waals surface area (Å²) in [6.07, 6.45) is 5.13. The van der Waals surface area contributed by atoms with Crippen molar-refractivity contribution in [3.63, 3.8) is 0 Å². The minimum absolute atomic E-state index is 0.253. The third-order valence-electron chi connectivity index (χ3n) is 4.24. The maximum atomic E-state index is 12.7.